The van der Waals surface area contributed by atoms with Crippen molar-refractivity contribution < 1.29 is 18.8 Å². The van der Waals surface area contributed by atoms with Gasteiger partial charge in [-0.05, 0) is 36.8 Å². The third kappa shape index (κ3) is 4.79. The van der Waals surface area contributed by atoms with E-state index >= 15 is 0 Å². The van der Waals surface area contributed by atoms with Crippen LogP contribution in [-0.4, -0.2) is 75.8 Å². The number of Topliss-reactive ketones (excluding diaryl/α,β-unsaturated/α-hetero) is 1. The minimum Gasteiger partial charge on any atom is -0.326 e. The molecule has 1 saturated heterocycles. The second kappa shape index (κ2) is 10.2. The molecule has 0 radical (unpaired) electrons. The molecule has 12 nitrogen and oxygen atoms in total. The van der Waals surface area contributed by atoms with Crippen molar-refractivity contribution in [3.63, 3.8) is 0 Å². The quantitative estimate of drug-likeness (QED) is 0.316. The summed E-state index contributed by atoms with van der Waals surface area (Å²) in [5.41, 5.74) is 2.91. The molecule has 0 bridgehead atoms. The van der Waals surface area contributed by atoms with Gasteiger partial charge in [-0.25, -0.2) is 24.0 Å². The number of carbonyl (C=O) groups excluding carboxylic acids is 3. The smallest absolute Gasteiger partial charge is 0.248 e. The molecule has 2 atom stereocenters. The molecule has 6 rings (SSSR count). The maximum absolute atomic E-state index is 14.6. The first-order chi connectivity index (χ1) is 19.7. The van der Waals surface area contributed by atoms with Crippen LogP contribution in [0.25, 0.3) is 33.1 Å². The number of pyridine rings is 1. The van der Waals surface area contributed by atoms with E-state index in [1.807, 2.05) is 12.1 Å². The number of nitrogens with one attached hydrogen (secondary N) is 1. The van der Waals surface area contributed by atoms with Crippen LogP contribution in [0.2, 0.25) is 0 Å². The van der Waals surface area contributed by atoms with Gasteiger partial charge in [0.2, 0.25) is 11.8 Å². The Labute approximate surface area is 233 Å². The molecule has 208 valence electrons. The number of fused-ring (bicyclic) bond motifs is 2. The number of aryl methyl sites for hydroxylation is 2. The molecule has 2 amide bonds. The first-order valence-corrected chi connectivity index (χ1v) is 13.0. The van der Waals surface area contributed by atoms with Crippen LogP contribution in [0.4, 0.5) is 10.2 Å². The fourth-order valence-electron chi connectivity index (χ4n) is 5.19. The van der Waals surface area contributed by atoms with E-state index in [2.05, 4.69) is 30.5 Å². The van der Waals surface area contributed by atoms with Crippen LogP contribution in [0.1, 0.15) is 29.7 Å². The van der Waals surface area contributed by atoms with Gasteiger partial charge in [0.15, 0.2) is 17.2 Å². The lowest BCUT2D eigenvalue weighted by molar-refractivity contribution is -0.137. The zero-order chi connectivity index (χ0) is 28.8. The molecule has 1 aliphatic rings. The SMILES string of the molecule is CC(=O)c1nn(CC(=O)N2C[C@H](F)C[C@H]2C(=O)Nc2nn(C)c3ncccc23)c2ccc(-c3cnc(C)nc3)cc12. The summed E-state index contributed by atoms with van der Waals surface area (Å²) >= 11 is 0. The van der Waals surface area contributed by atoms with Gasteiger partial charge in [-0.1, -0.05) is 6.07 Å². The molecule has 1 fully saturated rings. The van der Waals surface area contributed by atoms with Crippen LogP contribution in [-0.2, 0) is 23.2 Å². The highest BCUT2D eigenvalue weighted by Crippen LogP contribution is 2.28. The molecule has 0 spiro atoms. The highest BCUT2D eigenvalue weighted by Gasteiger charge is 2.40. The summed E-state index contributed by atoms with van der Waals surface area (Å²) in [5, 5.41) is 12.7. The number of rotatable bonds is 6. The summed E-state index contributed by atoms with van der Waals surface area (Å²) in [5.74, 6) is -0.372. The van der Waals surface area contributed by atoms with Crippen molar-refractivity contribution in [2.75, 3.05) is 11.9 Å². The molecule has 5 aromatic rings. The van der Waals surface area contributed by atoms with Crippen molar-refractivity contribution in [1.29, 1.82) is 0 Å². The Balaban J connectivity index is 1.26. The van der Waals surface area contributed by atoms with Crippen LogP contribution >= 0.6 is 0 Å². The zero-order valence-corrected chi connectivity index (χ0v) is 22.6. The Morgan fingerprint density at radius 1 is 1.05 bits per heavy atom. The van der Waals surface area contributed by atoms with E-state index in [1.165, 1.54) is 21.2 Å². The first-order valence-electron chi connectivity index (χ1n) is 13.0. The second-order valence-corrected chi connectivity index (χ2v) is 10.0. The Morgan fingerprint density at radius 3 is 2.59 bits per heavy atom. The number of anilines is 1. The predicted molar refractivity (Wildman–Crippen MR) is 148 cm³/mol. The maximum atomic E-state index is 14.6. The number of benzene rings is 1. The molecule has 0 aliphatic carbocycles. The molecule has 1 aromatic carbocycles. The van der Waals surface area contributed by atoms with E-state index in [1.54, 1.807) is 50.8 Å². The number of amides is 2. The Kier molecular flexibility index (Phi) is 6.48. The summed E-state index contributed by atoms with van der Waals surface area (Å²) in [6, 6.07) is 7.87. The van der Waals surface area contributed by atoms with Crippen molar-refractivity contribution in [3.8, 4) is 11.1 Å². The van der Waals surface area contributed by atoms with Crippen LogP contribution in [0, 0.1) is 6.92 Å². The second-order valence-electron chi connectivity index (χ2n) is 10.0. The van der Waals surface area contributed by atoms with Crippen LogP contribution in [0.5, 0.6) is 0 Å². The number of nitrogens with zero attached hydrogens (tertiary/aromatic N) is 8. The van der Waals surface area contributed by atoms with Crippen molar-refractivity contribution in [2.45, 2.75) is 39.0 Å². The summed E-state index contributed by atoms with van der Waals surface area (Å²) in [4.78, 5) is 53.1. The fourth-order valence-corrected chi connectivity index (χ4v) is 5.19. The average Bonchev–Trinajstić information content (AvgIpc) is 3.62. The highest BCUT2D eigenvalue weighted by molar-refractivity contribution is 6.06. The van der Waals surface area contributed by atoms with Crippen molar-refractivity contribution in [1.82, 2.24) is 39.4 Å². The van der Waals surface area contributed by atoms with E-state index < -0.39 is 24.0 Å². The van der Waals surface area contributed by atoms with E-state index in [-0.39, 0.29) is 36.8 Å². The first kappa shape index (κ1) is 26.2. The molecular formula is C28H26FN9O3. The molecule has 5 heterocycles. The summed E-state index contributed by atoms with van der Waals surface area (Å²) in [6.45, 7) is 2.70. The van der Waals surface area contributed by atoms with Crippen molar-refractivity contribution in [2.24, 2.45) is 7.05 Å². The highest BCUT2D eigenvalue weighted by atomic mass is 19.1. The van der Waals surface area contributed by atoms with Gasteiger partial charge in [0, 0.05) is 49.9 Å². The van der Waals surface area contributed by atoms with Gasteiger partial charge in [-0.2, -0.15) is 10.2 Å². The minimum absolute atomic E-state index is 0.138. The van der Waals surface area contributed by atoms with Crippen molar-refractivity contribution in [3.05, 3.63) is 60.4 Å². The normalized spacial score (nSPS) is 16.9. The largest absolute Gasteiger partial charge is 0.326 e. The fraction of sp³-hybridized carbons (Fsp3) is 0.286. The van der Waals surface area contributed by atoms with Gasteiger partial charge < -0.3 is 10.2 Å². The Hall–Kier alpha value is -5.07. The number of likely N-dealkylation sites (tertiary alicyclic amines) is 1. The zero-order valence-electron chi connectivity index (χ0n) is 22.6. The summed E-state index contributed by atoms with van der Waals surface area (Å²) in [7, 11) is 1.70. The average molecular weight is 556 g/mol. The molecule has 13 heteroatoms. The summed E-state index contributed by atoms with van der Waals surface area (Å²) in [6.07, 6.45) is 3.51. The van der Waals surface area contributed by atoms with Gasteiger partial charge >= 0.3 is 0 Å². The molecule has 0 unspecified atom stereocenters. The minimum atomic E-state index is -1.36. The standard InChI is InChI=1S/C28H26FN9O3/c1-15(39)25-21-9-17(18-11-31-16(2)32-12-18)6-7-22(21)38(34-25)14-24(40)37-13-19(29)10-23(37)28(41)33-26-20-5-4-8-30-27(20)36(3)35-26/h4-9,11-12,19,23H,10,13-14H2,1-3H3,(H,33,35,41)/t19-,23+/m1/s1. The summed E-state index contributed by atoms with van der Waals surface area (Å²) < 4.78 is 17.5. The number of halogens is 1. The predicted octanol–water partition coefficient (Wildman–Crippen LogP) is 2.86. The van der Waals surface area contributed by atoms with E-state index in [0.717, 1.165) is 11.1 Å². The van der Waals surface area contributed by atoms with Crippen molar-refractivity contribution >= 4 is 45.4 Å². The topological polar surface area (TPSA) is 141 Å². The molecule has 0 saturated carbocycles. The third-order valence-electron chi connectivity index (χ3n) is 7.20. The monoisotopic (exact) mass is 555 g/mol. The molecular weight excluding hydrogens is 529 g/mol. The van der Waals surface area contributed by atoms with Gasteiger partial charge in [-0.15, -0.1) is 0 Å². The third-order valence-corrected chi connectivity index (χ3v) is 7.20. The number of aromatic nitrogens is 7. The van der Waals surface area contributed by atoms with E-state index in [4.69, 9.17) is 0 Å². The number of alkyl halides is 1. The molecule has 1 N–H and O–H groups in total. The number of hydrogen-bond acceptors (Lipinski definition) is 8. The molecule has 41 heavy (non-hydrogen) atoms. The molecule has 1 aliphatic heterocycles. The van der Waals surface area contributed by atoms with Crippen LogP contribution in [0.3, 0.4) is 0 Å². The van der Waals surface area contributed by atoms with Gasteiger partial charge in [-0.3, -0.25) is 19.1 Å². The van der Waals surface area contributed by atoms with E-state index in [9.17, 15) is 18.8 Å². The molecule has 4 aromatic heterocycles. The lowest BCUT2D eigenvalue weighted by Gasteiger charge is -2.23. The lowest BCUT2D eigenvalue weighted by Crippen LogP contribution is -2.44. The number of hydrogen-bond donors (Lipinski definition) is 1. The van der Waals surface area contributed by atoms with Crippen LogP contribution in [0.15, 0.2) is 48.9 Å². The Morgan fingerprint density at radius 2 is 1.83 bits per heavy atom. The van der Waals surface area contributed by atoms with Gasteiger partial charge in [0.05, 0.1) is 17.4 Å². The number of carbonyl (C=O) groups is 3. The number of ketones is 1. The van der Waals surface area contributed by atoms with Crippen LogP contribution < -0.4 is 5.32 Å². The van der Waals surface area contributed by atoms with Gasteiger partial charge in [0.1, 0.15) is 30.3 Å². The van der Waals surface area contributed by atoms with E-state index in [0.29, 0.717) is 27.8 Å². The lowest BCUT2D eigenvalue weighted by atomic mass is 10.0. The Bertz CT molecular complexity index is 1830. The maximum Gasteiger partial charge on any atom is 0.248 e. The van der Waals surface area contributed by atoms with Gasteiger partial charge in [0.25, 0.3) is 0 Å².